The molecule has 1 aliphatic carbocycles. The molecule has 2 unspecified atom stereocenters. The molecule has 0 aromatic carbocycles. The summed E-state index contributed by atoms with van der Waals surface area (Å²) in [5.41, 5.74) is 0. The van der Waals surface area contributed by atoms with E-state index >= 15 is 0 Å². The smallest absolute Gasteiger partial charge is 0.193 e. The monoisotopic (exact) mass is 338 g/mol. The summed E-state index contributed by atoms with van der Waals surface area (Å²) in [4.78, 5) is 9.33. The van der Waals surface area contributed by atoms with E-state index in [-0.39, 0.29) is 6.10 Å². The Morgan fingerprint density at radius 1 is 1.17 bits per heavy atom. The molecule has 3 rings (SSSR count). The zero-order chi connectivity index (χ0) is 16.8. The van der Waals surface area contributed by atoms with Gasteiger partial charge < -0.3 is 20.1 Å². The van der Waals surface area contributed by atoms with Gasteiger partial charge in [-0.05, 0) is 25.2 Å². The normalized spacial score (nSPS) is 29.0. The fraction of sp³-hybridized carbons (Fsp3) is 0.944. The van der Waals surface area contributed by atoms with Crippen LogP contribution in [-0.2, 0) is 4.74 Å². The predicted octanol–water partition coefficient (Wildman–Crippen LogP) is 0.910. The van der Waals surface area contributed by atoms with E-state index in [0.29, 0.717) is 18.5 Å². The number of nitrogens with one attached hydrogen (secondary N) is 1. The third kappa shape index (κ3) is 4.61. The van der Waals surface area contributed by atoms with Gasteiger partial charge >= 0.3 is 0 Å². The Morgan fingerprint density at radius 3 is 2.62 bits per heavy atom. The van der Waals surface area contributed by atoms with E-state index in [0.717, 1.165) is 45.4 Å². The van der Waals surface area contributed by atoms with E-state index in [1.807, 2.05) is 7.05 Å². The topological polar surface area (TPSA) is 60.3 Å². The third-order valence-corrected chi connectivity index (χ3v) is 5.90. The van der Waals surface area contributed by atoms with Crippen LogP contribution in [0.5, 0.6) is 0 Å². The molecule has 6 nitrogen and oxygen atoms in total. The number of guanidine groups is 1. The molecule has 2 atom stereocenters. The molecule has 3 aliphatic rings. The Hall–Kier alpha value is -0.850. The highest BCUT2D eigenvalue weighted by molar-refractivity contribution is 5.80. The van der Waals surface area contributed by atoms with Gasteiger partial charge in [0.1, 0.15) is 0 Å². The van der Waals surface area contributed by atoms with Crippen LogP contribution in [0.2, 0.25) is 0 Å². The summed E-state index contributed by atoms with van der Waals surface area (Å²) < 4.78 is 5.46. The lowest BCUT2D eigenvalue weighted by molar-refractivity contribution is 0.0194. The maximum Gasteiger partial charge on any atom is 0.193 e. The predicted molar refractivity (Wildman–Crippen MR) is 96.3 cm³/mol. The molecule has 138 valence electrons. The Kier molecular flexibility index (Phi) is 6.75. The Labute approximate surface area is 146 Å². The van der Waals surface area contributed by atoms with Gasteiger partial charge in [0, 0.05) is 45.8 Å². The summed E-state index contributed by atoms with van der Waals surface area (Å²) in [5.74, 6) is 1.41. The van der Waals surface area contributed by atoms with Gasteiger partial charge in [-0.25, -0.2) is 0 Å². The molecular formula is C18H34N4O2. The molecule has 2 heterocycles. The fourth-order valence-electron chi connectivity index (χ4n) is 4.39. The van der Waals surface area contributed by atoms with Gasteiger partial charge in [0.15, 0.2) is 5.96 Å². The summed E-state index contributed by atoms with van der Waals surface area (Å²) in [7, 11) is 1.84. The number of aliphatic hydroxyl groups excluding tert-OH is 1. The lowest BCUT2D eigenvalue weighted by Crippen LogP contribution is -2.48. The van der Waals surface area contributed by atoms with Crippen LogP contribution in [0, 0.1) is 5.92 Å². The average Bonchev–Trinajstić information content (AvgIpc) is 3.13. The molecule has 1 saturated carbocycles. The number of likely N-dealkylation sites (tertiary alicyclic amines) is 1. The number of hydrogen-bond acceptors (Lipinski definition) is 4. The summed E-state index contributed by atoms with van der Waals surface area (Å²) in [6, 6.07) is 0.607. The number of hydrogen-bond donors (Lipinski definition) is 2. The molecule has 0 radical (unpaired) electrons. The first-order chi connectivity index (χ1) is 11.8. The molecule has 0 spiro atoms. The van der Waals surface area contributed by atoms with Crippen LogP contribution in [0.25, 0.3) is 0 Å². The van der Waals surface area contributed by atoms with Crippen LogP contribution in [0.3, 0.4) is 0 Å². The molecule has 0 aromatic rings. The van der Waals surface area contributed by atoms with Gasteiger partial charge in [-0.1, -0.05) is 19.3 Å². The van der Waals surface area contributed by atoms with Crippen molar-refractivity contribution in [1.82, 2.24) is 15.1 Å². The summed E-state index contributed by atoms with van der Waals surface area (Å²) in [6.45, 7) is 6.50. The van der Waals surface area contributed by atoms with Crippen LogP contribution < -0.4 is 5.32 Å². The van der Waals surface area contributed by atoms with Crippen LogP contribution in [-0.4, -0.2) is 86.0 Å². The fourth-order valence-corrected chi connectivity index (χ4v) is 4.39. The van der Waals surface area contributed by atoms with Gasteiger partial charge in [-0.15, -0.1) is 0 Å². The molecule has 0 aromatic heterocycles. The second-order valence-corrected chi connectivity index (χ2v) is 7.43. The highest BCUT2D eigenvalue weighted by Gasteiger charge is 2.30. The van der Waals surface area contributed by atoms with E-state index < -0.39 is 0 Å². The second kappa shape index (κ2) is 9.02. The van der Waals surface area contributed by atoms with Crippen molar-refractivity contribution in [3.8, 4) is 0 Å². The molecular weight excluding hydrogens is 304 g/mol. The first-order valence-corrected chi connectivity index (χ1v) is 9.73. The van der Waals surface area contributed by atoms with E-state index in [2.05, 4.69) is 20.1 Å². The Morgan fingerprint density at radius 2 is 1.92 bits per heavy atom. The number of aliphatic hydroxyl groups is 1. The average molecular weight is 338 g/mol. The van der Waals surface area contributed by atoms with Crippen LogP contribution in [0.15, 0.2) is 4.99 Å². The zero-order valence-corrected chi connectivity index (χ0v) is 15.1. The van der Waals surface area contributed by atoms with Crippen molar-refractivity contribution in [2.24, 2.45) is 10.9 Å². The van der Waals surface area contributed by atoms with Crippen molar-refractivity contribution in [3.05, 3.63) is 0 Å². The number of ether oxygens (including phenoxy) is 1. The number of aliphatic imine (C=N–C) groups is 1. The molecule has 2 aliphatic heterocycles. The van der Waals surface area contributed by atoms with Gasteiger partial charge in [-0.3, -0.25) is 9.89 Å². The lowest BCUT2D eigenvalue weighted by Gasteiger charge is -2.32. The highest BCUT2D eigenvalue weighted by Crippen LogP contribution is 2.26. The molecule has 0 amide bonds. The van der Waals surface area contributed by atoms with Crippen molar-refractivity contribution in [2.45, 2.75) is 50.7 Å². The van der Waals surface area contributed by atoms with E-state index in [1.165, 1.54) is 38.5 Å². The maximum absolute atomic E-state index is 10.5. The van der Waals surface area contributed by atoms with Gasteiger partial charge in [-0.2, -0.15) is 0 Å². The largest absolute Gasteiger partial charge is 0.391 e. The van der Waals surface area contributed by atoms with Crippen LogP contribution in [0.1, 0.15) is 38.5 Å². The molecule has 0 bridgehead atoms. The highest BCUT2D eigenvalue weighted by atomic mass is 16.5. The summed E-state index contributed by atoms with van der Waals surface area (Å²) >= 11 is 0. The Balaban J connectivity index is 1.44. The minimum absolute atomic E-state index is 0.250. The SMILES string of the molecule is CN=C(NCC(O)C1CCCCC1)N1CCC(N2CCOCC2)C1. The minimum atomic E-state index is -0.250. The number of rotatable bonds is 4. The molecule has 3 fully saturated rings. The Bertz CT molecular complexity index is 406. The molecule has 2 N–H and O–H groups in total. The molecule has 24 heavy (non-hydrogen) atoms. The van der Waals surface area contributed by atoms with Crippen molar-refractivity contribution in [3.63, 3.8) is 0 Å². The van der Waals surface area contributed by atoms with Crippen molar-refractivity contribution in [2.75, 3.05) is 53.0 Å². The summed E-state index contributed by atoms with van der Waals surface area (Å²) in [6.07, 6.45) is 7.14. The van der Waals surface area contributed by atoms with Crippen molar-refractivity contribution >= 4 is 5.96 Å². The zero-order valence-electron chi connectivity index (χ0n) is 15.1. The van der Waals surface area contributed by atoms with E-state index in [1.54, 1.807) is 0 Å². The van der Waals surface area contributed by atoms with Crippen molar-refractivity contribution < 1.29 is 9.84 Å². The minimum Gasteiger partial charge on any atom is -0.391 e. The van der Waals surface area contributed by atoms with Crippen molar-refractivity contribution in [1.29, 1.82) is 0 Å². The standard InChI is InChI=1S/C18H34N4O2/c1-19-18(20-13-17(23)15-5-3-2-4-6-15)22-8-7-16(14-22)21-9-11-24-12-10-21/h15-17,23H,2-14H2,1H3,(H,19,20). The van der Waals surface area contributed by atoms with Gasteiger partial charge in [0.25, 0.3) is 0 Å². The van der Waals surface area contributed by atoms with Crippen LogP contribution >= 0.6 is 0 Å². The lowest BCUT2D eigenvalue weighted by atomic mass is 9.85. The van der Waals surface area contributed by atoms with Crippen LogP contribution in [0.4, 0.5) is 0 Å². The second-order valence-electron chi connectivity index (χ2n) is 7.43. The number of morpholine rings is 1. The first-order valence-electron chi connectivity index (χ1n) is 9.73. The molecule has 6 heteroatoms. The van der Waals surface area contributed by atoms with Gasteiger partial charge in [0.2, 0.25) is 0 Å². The van der Waals surface area contributed by atoms with E-state index in [9.17, 15) is 5.11 Å². The first kappa shape index (κ1) is 18.0. The number of nitrogens with zero attached hydrogens (tertiary/aromatic N) is 3. The molecule has 2 saturated heterocycles. The van der Waals surface area contributed by atoms with E-state index in [4.69, 9.17) is 4.74 Å². The quantitative estimate of drug-likeness (QED) is 0.589. The van der Waals surface area contributed by atoms with Gasteiger partial charge in [0.05, 0.1) is 19.3 Å². The third-order valence-electron chi connectivity index (χ3n) is 5.90. The summed E-state index contributed by atoms with van der Waals surface area (Å²) in [5, 5.41) is 13.9. The maximum atomic E-state index is 10.5.